The normalized spacial score (nSPS) is 11.9. The Labute approximate surface area is 120 Å². The van der Waals surface area contributed by atoms with Gasteiger partial charge in [0.05, 0.1) is 7.11 Å². The van der Waals surface area contributed by atoms with E-state index in [1.54, 1.807) is 7.11 Å². The van der Waals surface area contributed by atoms with Crippen molar-refractivity contribution in [1.29, 1.82) is 0 Å². The molecule has 3 nitrogen and oxygen atoms in total. The Morgan fingerprint density at radius 1 is 0.950 bits per heavy atom. The van der Waals surface area contributed by atoms with Crippen molar-refractivity contribution in [2.75, 3.05) is 13.7 Å². The number of nitrogens with two attached hydrogens (primary N) is 1. The van der Waals surface area contributed by atoms with Crippen LogP contribution in [-0.4, -0.2) is 13.7 Å². The average molecular weight is 271 g/mol. The van der Waals surface area contributed by atoms with E-state index in [9.17, 15) is 0 Å². The minimum Gasteiger partial charge on any atom is -0.497 e. The molecule has 2 aromatic rings. The minimum absolute atomic E-state index is 0.395. The zero-order valence-electron chi connectivity index (χ0n) is 12.0. The van der Waals surface area contributed by atoms with Crippen molar-refractivity contribution in [2.45, 2.75) is 19.4 Å². The van der Waals surface area contributed by atoms with Crippen LogP contribution in [0.5, 0.6) is 11.5 Å². The Bertz CT molecular complexity index is 520. The molecule has 0 aliphatic rings. The Kier molecular flexibility index (Phi) is 5.02. The van der Waals surface area contributed by atoms with E-state index < -0.39 is 0 Å². The topological polar surface area (TPSA) is 44.5 Å². The first kappa shape index (κ1) is 14.4. The molecule has 0 saturated heterocycles. The van der Waals surface area contributed by atoms with E-state index >= 15 is 0 Å². The van der Waals surface area contributed by atoms with E-state index in [1.807, 2.05) is 24.3 Å². The largest absolute Gasteiger partial charge is 0.497 e. The molecule has 0 radical (unpaired) electrons. The smallest absolute Gasteiger partial charge is 0.120 e. The second kappa shape index (κ2) is 6.96. The van der Waals surface area contributed by atoms with Crippen molar-refractivity contribution >= 4 is 0 Å². The van der Waals surface area contributed by atoms with E-state index in [2.05, 4.69) is 31.2 Å². The fourth-order valence-corrected chi connectivity index (χ4v) is 1.92. The third kappa shape index (κ3) is 3.75. The zero-order valence-corrected chi connectivity index (χ0v) is 12.0. The lowest BCUT2D eigenvalue weighted by Gasteiger charge is -2.10. The SMILES string of the molecule is COc1ccc(OCc2ccc(C(C)CN)cc2)cc1. The molecule has 1 unspecified atom stereocenters. The highest BCUT2D eigenvalue weighted by atomic mass is 16.5. The average Bonchev–Trinajstić information content (AvgIpc) is 2.53. The molecule has 0 heterocycles. The quantitative estimate of drug-likeness (QED) is 0.876. The van der Waals surface area contributed by atoms with Gasteiger partial charge in [-0.25, -0.2) is 0 Å². The molecule has 0 bridgehead atoms. The Morgan fingerprint density at radius 3 is 2.10 bits per heavy atom. The molecule has 0 saturated carbocycles. The molecule has 1 atom stereocenters. The molecule has 0 amide bonds. The predicted molar refractivity (Wildman–Crippen MR) is 81.2 cm³/mol. The Hall–Kier alpha value is -2.00. The summed E-state index contributed by atoms with van der Waals surface area (Å²) in [5.74, 6) is 2.06. The third-order valence-corrected chi connectivity index (χ3v) is 3.37. The van der Waals surface area contributed by atoms with Crippen molar-refractivity contribution < 1.29 is 9.47 Å². The zero-order chi connectivity index (χ0) is 14.4. The van der Waals surface area contributed by atoms with Crippen LogP contribution < -0.4 is 15.2 Å². The van der Waals surface area contributed by atoms with Crippen molar-refractivity contribution in [3.05, 3.63) is 59.7 Å². The van der Waals surface area contributed by atoms with Crippen LogP contribution in [0.3, 0.4) is 0 Å². The van der Waals surface area contributed by atoms with E-state index in [-0.39, 0.29) is 0 Å². The van der Waals surface area contributed by atoms with Gasteiger partial charge >= 0.3 is 0 Å². The number of hydrogen-bond acceptors (Lipinski definition) is 3. The van der Waals surface area contributed by atoms with E-state index in [4.69, 9.17) is 15.2 Å². The molecule has 0 aromatic heterocycles. The van der Waals surface area contributed by atoms with Gasteiger partial charge in [0, 0.05) is 0 Å². The summed E-state index contributed by atoms with van der Waals surface area (Å²) >= 11 is 0. The maximum absolute atomic E-state index is 5.74. The fourth-order valence-electron chi connectivity index (χ4n) is 1.92. The summed E-state index contributed by atoms with van der Waals surface area (Å²) in [5, 5.41) is 0. The molecule has 20 heavy (non-hydrogen) atoms. The Morgan fingerprint density at radius 2 is 1.55 bits per heavy atom. The van der Waals surface area contributed by atoms with Crippen LogP contribution in [-0.2, 0) is 6.61 Å². The maximum atomic E-state index is 5.74. The van der Waals surface area contributed by atoms with Crippen LogP contribution in [0.2, 0.25) is 0 Å². The van der Waals surface area contributed by atoms with Crippen LogP contribution >= 0.6 is 0 Å². The van der Waals surface area contributed by atoms with Gasteiger partial charge in [-0.2, -0.15) is 0 Å². The van der Waals surface area contributed by atoms with E-state index in [1.165, 1.54) is 5.56 Å². The molecular weight excluding hydrogens is 250 g/mol. The number of ether oxygens (including phenoxy) is 2. The van der Waals surface area contributed by atoms with Crippen LogP contribution in [0.15, 0.2) is 48.5 Å². The highest BCUT2D eigenvalue weighted by molar-refractivity contribution is 5.31. The van der Waals surface area contributed by atoms with Gasteiger partial charge in [0.25, 0.3) is 0 Å². The first-order valence-corrected chi connectivity index (χ1v) is 6.78. The summed E-state index contributed by atoms with van der Waals surface area (Å²) in [4.78, 5) is 0. The molecule has 0 spiro atoms. The summed E-state index contributed by atoms with van der Waals surface area (Å²) in [6.07, 6.45) is 0. The molecule has 3 heteroatoms. The molecule has 2 aromatic carbocycles. The Balaban J connectivity index is 1.93. The van der Waals surface area contributed by atoms with Crippen LogP contribution in [0, 0.1) is 0 Å². The lowest BCUT2D eigenvalue weighted by Crippen LogP contribution is -2.08. The summed E-state index contributed by atoms with van der Waals surface area (Å²) in [6, 6.07) is 16.0. The van der Waals surface area contributed by atoms with Gasteiger partial charge in [-0.15, -0.1) is 0 Å². The van der Waals surface area contributed by atoms with Gasteiger partial charge in [0.2, 0.25) is 0 Å². The second-order valence-corrected chi connectivity index (χ2v) is 4.84. The van der Waals surface area contributed by atoms with E-state index in [0.29, 0.717) is 19.1 Å². The molecule has 0 aliphatic heterocycles. The summed E-state index contributed by atoms with van der Waals surface area (Å²) in [5.41, 5.74) is 8.08. The second-order valence-electron chi connectivity index (χ2n) is 4.84. The van der Waals surface area contributed by atoms with Crippen molar-refractivity contribution in [1.82, 2.24) is 0 Å². The van der Waals surface area contributed by atoms with Crippen LogP contribution in [0.4, 0.5) is 0 Å². The standard InChI is InChI=1S/C17H21NO2/c1-13(11-18)15-5-3-14(4-6-15)12-20-17-9-7-16(19-2)8-10-17/h3-10,13H,11-12,18H2,1-2H3. The van der Waals surface area contributed by atoms with Crippen molar-refractivity contribution in [3.63, 3.8) is 0 Å². The summed E-state index contributed by atoms with van der Waals surface area (Å²) < 4.78 is 10.9. The first-order valence-electron chi connectivity index (χ1n) is 6.78. The van der Waals surface area contributed by atoms with Crippen LogP contribution in [0.25, 0.3) is 0 Å². The number of benzene rings is 2. The molecule has 0 fully saturated rings. The van der Waals surface area contributed by atoms with Gasteiger partial charge < -0.3 is 15.2 Å². The third-order valence-electron chi connectivity index (χ3n) is 3.37. The summed E-state index contributed by atoms with van der Waals surface area (Å²) in [6.45, 7) is 3.36. The summed E-state index contributed by atoms with van der Waals surface area (Å²) in [7, 11) is 1.65. The minimum atomic E-state index is 0.395. The van der Waals surface area contributed by atoms with Gasteiger partial charge in [-0.1, -0.05) is 31.2 Å². The van der Waals surface area contributed by atoms with Gasteiger partial charge in [0.1, 0.15) is 18.1 Å². The number of hydrogen-bond donors (Lipinski definition) is 1. The van der Waals surface area contributed by atoms with Crippen LogP contribution in [0.1, 0.15) is 24.0 Å². The lowest BCUT2D eigenvalue weighted by molar-refractivity contribution is 0.305. The number of methoxy groups -OCH3 is 1. The molecule has 0 aliphatic carbocycles. The predicted octanol–water partition coefficient (Wildman–Crippen LogP) is 3.34. The maximum Gasteiger partial charge on any atom is 0.120 e. The van der Waals surface area contributed by atoms with Crippen molar-refractivity contribution in [3.8, 4) is 11.5 Å². The van der Waals surface area contributed by atoms with Crippen molar-refractivity contribution in [2.24, 2.45) is 5.73 Å². The molecule has 2 rings (SSSR count). The fraction of sp³-hybridized carbons (Fsp3) is 0.294. The molecule has 106 valence electrons. The first-order chi connectivity index (χ1) is 9.72. The molecular formula is C17H21NO2. The molecule has 2 N–H and O–H groups in total. The highest BCUT2D eigenvalue weighted by Crippen LogP contribution is 2.19. The van der Waals surface area contributed by atoms with E-state index in [0.717, 1.165) is 17.1 Å². The highest BCUT2D eigenvalue weighted by Gasteiger charge is 2.03. The van der Waals surface area contributed by atoms with Gasteiger partial charge in [-0.3, -0.25) is 0 Å². The van der Waals surface area contributed by atoms with Gasteiger partial charge in [-0.05, 0) is 47.9 Å². The number of rotatable bonds is 6. The lowest BCUT2D eigenvalue weighted by atomic mass is 10.0. The van der Waals surface area contributed by atoms with Gasteiger partial charge in [0.15, 0.2) is 0 Å². The monoisotopic (exact) mass is 271 g/mol.